The summed E-state index contributed by atoms with van der Waals surface area (Å²) in [7, 11) is 1.75. The third kappa shape index (κ3) is 5.16. The van der Waals surface area contributed by atoms with Gasteiger partial charge in [0.2, 0.25) is 5.91 Å². The van der Waals surface area contributed by atoms with E-state index in [1.54, 1.807) is 22.6 Å². The van der Waals surface area contributed by atoms with Gasteiger partial charge in [-0.15, -0.1) is 0 Å². The van der Waals surface area contributed by atoms with E-state index in [0.29, 0.717) is 47.3 Å². The Balaban J connectivity index is 1.74. The molecule has 0 aliphatic carbocycles. The molecular weight excluding hydrogens is 480 g/mol. The summed E-state index contributed by atoms with van der Waals surface area (Å²) in [5.41, 5.74) is 7.49. The molecule has 186 valence electrons. The predicted octanol–water partition coefficient (Wildman–Crippen LogP) is 4.02. The number of unbranched alkanes of at least 4 members (excludes halogenated alkanes) is 3. The first-order chi connectivity index (χ1) is 16.8. The van der Waals surface area contributed by atoms with E-state index in [4.69, 9.17) is 18.0 Å². The monoisotopic (exact) mass is 512 g/mol. The number of carbonyl (C=O) groups excluding carboxylic acids is 2. The predicted molar refractivity (Wildman–Crippen MR) is 147 cm³/mol. The first-order valence-electron chi connectivity index (χ1n) is 12.2. The number of amides is 2. The van der Waals surface area contributed by atoms with Crippen LogP contribution in [0.25, 0.3) is 17.0 Å². The Bertz CT molecular complexity index is 1250. The minimum absolute atomic E-state index is 0.134. The normalized spacial score (nSPS) is 18.3. The standard InChI is InChI=1S/C26H32N4O3S2/c1-3-4-5-8-13-30-25(33)21(35-26(30)34)16-19-22(29-14-11-17(12-15-29)23(27)31)18-9-6-7-10-20(18)28(2)24(19)32/h6-7,9-10,16-17H,3-5,8,11-15H2,1-2H3,(H2,27,31). The van der Waals surface area contributed by atoms with Crippen molar-refractivity contribution in [1.82, 2.24) is 9.47 Å². The van der Waals surface area contributed by atoms with Gasteiger partial charge in [0, 0.05) is 38.0 Å². The lowest BCUT2D eigenvalue weighted by atomic mass is 9.94. The molecule has 35 heavy (non-hydrogen) atoms. The fourth-order valence-electron chi connectivity index (χ4n) is 4.88. The number of hydrogen-bond donors (Lipinski definition) is 1. The first kappa shape index (κ1) is 25.4. The molecule has 2 amide bonds. The SMILES string of the molecule is CCCCCCN1C(=O)C(=Cc2c(N3CCC(C(N)=O)CC3)c3ccccc3n(C)c2=O)SC1=S. The van der Waals surface area contributed by atoms with Crippen molar-refractivity contribution in [2.75, 3.05) is 24.5 Å². The zero-order chi connectivity index (χ0) is 25.1. The number of benzene rings is 1. The molecule has 2 fully saturated rings. The Morgan fingerprint density at radius 1 is 1.17 bits per heavy atom. The van der Waals surface area contributed by atoms with E-state index >= 15 is 0 Å². The van der Waals surface area contributed by atoms with Crippen LogP contribution in [-0.4, -0.2) is 45.2 Å². The van der Waals surface area contributed by atoms with Crippen molar-refractivity contribution < 1.29 is 9.59 Å². The Morgan fingerprint density at radius 2 is 1.89 bits per heavy atom. The van der Waals surface area contributed by atoms with E-state index in [2.05, 4.69) is 11.8 Å². The molecule has 1 aromatic heterocycles. The lowest BCUT2D eigenvalue weighted by Gasteiger charge is -2.34. The van der Waals surface area contributed by atoms with Crippen molar-refractivity contribution in [3.8, 4) is 0 Å². The Hall–Kier alpha value is -2.65. The quantitative estimate of drug-likeness (QED) is 0.327. The molecule has 9 heteroatoms. The first-order valence-corrected chi connectivity index (χ1v) is 13.5. The molecule has 2 saturated heterocycles. The molecule has 3 heterocycles. The van der Waals surface area contributed by atoms with Crippen LogP contribution < -0.4 is 16.2 Å². The molecule has 0 spiro atoms. The van der Waals surface area contributed by atoms with Crippen LogP contribution in [0.15, 0.2) is 34.0 Å². The average Bonchev–Trinajstić information content (AvgIpc) is 3.12. The van der Waals surface area contributed by atoms with E-state index in [9.17, 15) is 14.4 Å². The van der Waals surface area contributed by atoms with E-state index < -0.39 is 0 Å². The van der Waals surface area contributed by atoms with Gasteiger partial charge in [-0.2, -0.15) is 0 Å². The topological polar surface area (TPSA) is 88.6 Å². The van der Waals surface area contributed by atoms with E-state index in [0.717, 1.165) is 42.3 Å². The van der Waals surface area contributed by atoms with Gasteiger partial charge in [-0.05, 0) is 31.4 Å². The van der Waals surface area contributed by atoms with Gasteiger partial charge in [-0.3, -0.25) is 19.3 Å². The molecule has 0 bridgehead atoms. The molecule has 2 N–H and O–H groups in total. The van der Waals surface area contributed by atoms with Gasteiger partial charge >= 0.3 is 0 Å². The molecule has 0 unspecified atom stereocenters. The van der Waals surface area contributed by atoms with Crippen LogP contribution in [0, 0.1) is 5.92 Å². The maximum Gasteiger partial charge on any atom is 0.266 e. The minimum Gasteiger partial charge on any atom is -0.370 e. The summed E-state index contributed by atoms with van der Waals surface area (Å²) in [5.74, 6) is -0.567. The molecule has 0 radical (unpaired) electrons. The van der Waals surface area contributed by atoms with Gasteiger partial charge in [0.1, 0.15) is 4.32 Å². The summed E-state index contributed by atoms with van der Waals surface area (Å²) >= 11 is 6.77. The Labute approximate surface area is 215 Å². The Morgan fingerprint density at radius 3 is 2.57 bits per heavy atom. The summed E-state index contributed by atoms with van der Waals surface area (Å²) in [4.78, 5) is 42.8. The van der Waals surface area contributed by atoms with E-state index in [-0.39, 0.29) is 23.3 Å². The molecule has 0 atom stereocenters. The van der Waals surface area contributed by atoms with Gasteiger partial charge in [0.05, 0.1) is 21.7 Å². The highest BCUT2D eigenvalue weighted by Gasteiger charge is 2.33. The largest absolute Gasteiger partial charge is 0.370 e. The number of fused-ring (bicyclic) bond motifs is 1. The molecule has 7 nitrogen and oxygen atoms in total. The number of thiocarbonyl (C=S) groups is 1. The number of hydrogen-bond acceptors (Lipinski definition) is 6. The number of carbonyl (C=O) groups is 2. The van der Waals surface area contributed by atoms with Gasteiger partial charge in [0.25, 0.3) is 11.5 Å². The smallest absolute Gasteiger partial charge is 0.266 e. The second-order valence-corrected chi connectivity index (χ2v) is 10.9. The molecule has 2 aliphatic rings. The number of para-hydroxylation sites is 1. The molecule has 0 saturated carbocycles. The van der Waals surface area contributed by atoms with Crippen LogP contribution in [0.1, 0.15) is 51.0 Å². The summed E-state index contributed by atoms with van der Waals surface area (Å²) in [6.07, 6.45) is 7.22. The van der Waals surface area contributed by atoms with Crippen molar-refractivity contribution in [2.45, 2.75) is 45.4 Å². The highest BCUT2D eigenvalue weighted by molar-refractivity contribution is 8.26. The van der Waals surface area contributed by atoms with Crippen molar-refractivity contribution in [2.24, 2.45) is 18.7 Å². The summed E-state index contributed by atoms with van der Waals surface area (Å²) in [5, 5.41) is 0.938. The fourth-order valence-corrected chi connectivity index (χ4v) is 6.17. The van der Waals surface area contributed by atoms with Gasteiger partial charge in [-0.1, -0.05) is 68.4 Å². The Kier molecular flexibility index (Phi) is 7.96. The average molecular weight is 513 g/mol. The van der Waals surface area contributed by atoms with E-state index in [1.807, 2.05) is 24.3 Å². The lowest BCUT2D eigenvalue weighted by molar-refractivity contribution is -0.123. The van der Waals surface area contributed by atoms with E-state index in [1.165, 1.54) is 11.8 Å². The van der Waals surface area contributed by atoms with Crippen molar-refractivity contribution >= 4 is 62.8 Å². The minimum atomic E-state index is -0.277. The van der Waals surface area contributed by atoms with Gasteiger partial charge in [-0.25, -0.2) is 0 Å². The number of thioether (sulfide) groups is 1. The van der Waals surface area contributed by atoms with Gasteiger partial charge in [0.15, 0.2) is 0 Å². The number of aryl methyl sites for hydroxylation is 1. The molecule has 4 rings (SSSR count). The van der Waals surface area contributed by atoms with Gasteiger partial charge < -0.3 is 15.2 Å². The second-order valence-electron chi connectivity index (χ2n) is 9.20. The van der Waals surface area contributed by atoms with Crippen molar-refractivity contribution in [1.29, 1.82) is 0 Å². The number of anilines is 1. The number of nitrogens with zero attached hydrogens (tertiary/aromatic N) is 3. The molecule has 2 aromatic rings. The number of nitrogens with two attached hydrogens (primary N) is 1. The zero-order valence-corrected chi connectivity index (χ0v) is 21.9. The third-order valence-corrected chi connectivity index (χ3v) is 8.29. The van der Waals surface area contributed by atoms with Crippen LogP contribution >= 0.6 is 24.0 Å². The highest BCUT2D eigenvalue weighted by Crippen LogP contribution is 2.37. The number of pyridine rings is 1. The lowest BCUT2D eigenvalue weighted by Crippen LogP contribution is -2.40. The number of piperidine rings is 1. The highest BCUT2D eigenvalue weighted by atomic mass is 32.2. The van der Waals surface area contributed by atoms with Crippen LogP contribution in [0.5, 0.6) is 0 Å². The number of aromatic nitrogens is 1. The maximum atomic E-state index is 13.6. The molecule has 2 aliphatic heterocycles. The molecule has 1 aromatic carbocycles. The van der Waals surface area contributed by atoms with Crippen LogP contribution in [0.4, 0.5) is 5.69 Å². The van der Waals surface area contributed by atoms with Crippen LogP contribution in [0.2, 0.25) is 0 Å². The summed E-state index contributed by atoms with van der Waals surface area (Å²) < 4.78 is 2.17. The summed E-state index contributed by atoms with van der Waals surface area (Å²) in [6, 6.07) is 7.79. The summed E-state index contributed by atoms with van der Waals surface area (Å²) in [6.45, 7) is 3.99. The van der Waals surface area contributed by atoms with Crippen LogP contribution in [0.3, 0.4) is 0 Å². The van der Waals surface area contributed by atoms with Crippen molar-refractivity contribution in [3.05, 3.63) is 45.1 Å². The fraction of sp³-hybridized carbons (Fsp3) is 0.462. The molecular formula is C26H32N4O3S2. The second kappa shape index (κ2) is 11.0. The van der Waals surface area contributed by atoms with Crippen molar-refractivity contribution in [3.63, 3.8) is 0 Å². The third-order valence-electron chi connectivity index (χ3n) is 6.91. The number of rotatable bonds is 8. The number of primary amides is 1. The zero-order valence-electron chi connectivity index (χ0n) is 20.3. The van der Waals surface area contributed by atoms with Crippen LogP contribution in [-0.2, 0) is 16.6 Å². The maximum absolute atomic E-state index is 13.6.